The monoisotopic (exact) mass is 272 g/mol. The Morgan fingerprint density at radius 2 is 2.24 bits per heavy atom. The summed E-state index contributed by atoms with van der Waals surface area (Å²) in [6, 6.07) is 5.23. The molecule has 0 fully saturated rings. The van der Waals surface area contributed by atoms with E-state index in [1.54, 1.807) is 12.1 Å². The van der Waals surface area contributed by atoms with Crippen molar-refractivity contribution in [3.63, 3.8) is 0 Å². The zero-order valence-electron chi connectivity index (χ0n) is 9.83. The first-order chi connectivity index (χ1) is 8.15. The Balaban J connectivity index is 2.49. The second-order valence-electron chi connectivity index (χ2n) is 3.69. The maximum atomic E-state index is 11.1. The summed E-state index contributed by atoms with van der Waals surface area (Å²) in [5.41, 5.74) is 6.47. The van der Waals surface area contributed by atoms with Crippen molar-refractivity contribution in [1.29, 1.82) is 0 Å². The average Bonchev–Trinajstić information content (AvgIpc) is 2.30. The van der Waals surface area contributed by atoms with E-state index in [0.717, 1.165) is 18.7 Å². The maximum Gasteiger partial charge on any atom is 0.250 e. The van der Waals surface area contributed by atoms with Crippen LogP contribution in [-0.4, -0.2) is 24.5 Å². The molecule has 3 nitrogen and oxygen atoms in total. The second kappa shape index (κ2) is 7.45. The van der Waals surface area contributed by atoms with Crippen LogP contribution in [0.15, 0.2) is 18.2 Å². The zero-order chi connectivity index (χ0) is 12.7. The average molecular weight is 273 g/mol. The quantitative estimate of drug-likeness (QED) is 0.751. The summed E-state index contributed by atoms with van der Waals surface area (Å²) in [6.45, 7) is 0.889. The molecule has 0 bridgehead atoms. The van der Waals surface area contributed by atoms with Gasteiger partial charge in [0.05, 0.1) is 10.6 Å². The Labute approximate surface area is 111 Å². The molecule has 0 aromatic heterocycles. The van der Waals surface area contributed by atoms with Crippen LogP contribution in [0.3, 0.4) is 0 Å². The summed E-state index contributed by atoms with van der Waals surface area (Å²) in [7, 11) is 0. The number of hydrogen-bond donors (Lipinski definition) is 2. The zero-order valence-corrected chi connectivity index (χ0v) is 11.4. The SMILES string of the molecule is CSCCCCNc1ccc(Cl)c(C(N)=O)c1. The molecule has 1 aromatic carbocycles. The van der Waals surface area contributed by atoms with Crippen LogP contribution < -0.4 is 11.1 Å². The van der Waals surface area contributed by atoms with Crippen LogP contribution in [0.4, 0.5) is 5.69 Å². The number of carbonyl (C=O) groups excluding carboxylic acids is 1. The number of nitrogens with two attached hydrogens (primary N) is 1. The number of primary amides is 1. The van der Waals surface area contributed by atoms with Gasteiger partial charge in [-0.1, -0.05) is 11.6 Å². The van der Waals surface area contributed by atoms with Crippen molar-refractivity contribution in [3.8, 4) is 0 Å². The maximum absolute atomic E-state index is 11.1. The molecule has 5 heteroatoms. The number of thioether (sulfide) groups is 1. The van der Waals surface area contributed by atoms with Gasteiger partial charge in [-0.25, -0.2) is 0 Å². The van der Waals surface area contributed by atoms with Gasteiger partial charge in [0.15, 0.2) is 0 Å². The highest BCUT2D eigenvalue weighted by Gasteiger charge is 2.06. The van der Waals surface area contributed by atoms with Gasteiger partial charge in [0.2, 0.25) is 5.91 Å². The first-order valence-electron chi connectivity index (χ1n) is 5.47. The molecular weight excluding hydrogens is 256 g/mol. The Kier molecular flexibility index (Phi) is 6.22. The molecule has 17 heavy (non-hydrogen) atoms. The summed E-state index contributed by atoms with van der Waals surface area (Å²) in [6.07, 6.45) is 4.39. The van der Waals surface area contributed by atoms with Gasteiger partial charge in [-0.3, -0.25) is 4.79 Å². The Morgan fingerprint density at radius 3 is 2.88 bits per heavy atom. The third-order valence-corrected chi connectivity index (χ3v) is 3.36. The molecule has 0 heterocycles. The largest absolute Gasteiger partial charge is 0.385 e. The molecule has 3 N–H and O–H groups in total. The standard InChI is InChI=1S/C12H17ClN2OS/c1-17-7-3-2-6-15-9-4-5-11(13)10(8-9)12(14)16/h4-5,8,15H,2-3,6-7H2,1H3,(H2,14,16). The first-order valence-corrected chi connectivity index (χ1v) is 7.24. The van der Waals surface area contributed by atoms with Crippen LogP contribution in [0, 0.1) is 0 Å². The van der Waals surface area contributed by atoms with Gasteiger partial charge in [-0.15, -0.1) is 0 Å². The van der Waals surface area contributed by atoms with E-state index in [-0.39, 0.29) is 0 Å². The van der Waals surface area contributed by atoms with E-state index in [4.69, 9.17) is 17.3 Å². The van der Waals surface area contributed by atoms with E-state index in [0.29, 0.717) is 10.6 Å². The Morgan fingerprint density at radius 1 is 1.47 bits per heavy atom. The fraction of sp³-hybridized carbons (Fsp3) is 0.417. The van der Waals surface area contributed by atoms with E-state index >= 15 is 0 Å². The van der Waals surface area contributed by atoms with Gasteiger partial charge in [-0.2, -0.15) is 11.8 Å². The van der Waals surface area contributed by atoms with Crippen LogP contribution in [0.2, 0.25) is 5.02 Å². The van der Waals surface area contributed by atoms with Crippen LogP contribution >= 0.6 is 23.4 Å². The summed E-state index contributed by atoms with van der Waals surface area (Å²) in [5, 5.41) is 3.64. The van der Waals surface area contributed by atoms with Crippen LogP contribution in [0.25, 0.3) is 0 Å². The van der Waals surface area contributed by atoms with E-state index < -0.39 is 5.91 Å². The Hall–Kier alpha value is -0.870. The molecule has 1 aromatic rings. The lowest BCUT2D eigenvalue weighted by Crippen LogP contribution is -2.12. The summed E-state index contributed by atoms with van der Waals surface area (Å²) >= 11 is 7.71. The van der Waals surface area contributed by atoms with E-state index in [9.17, 15) is 4.79 Å². The third-order valence-electron chi connectivity index (χ3n) is 2.34. The van der Waals surface area contributed by atoms with Crippen LogP contribution in [-0.2, 0) is 0 Å². The third kappa shape index (κ3) is 4.88. The molecular formula is C12H17ClN2OS. The van der Waals surface area contributed by atoms with Crippen molar-refractivity contribution in [2.24, 2.45) is 5.73 Å². The number of rotatable bonds is 7. The fourth-order valence-corrected chi connectivity index (χ4v) is 2.13. The molecule has 1 rings (SSSR count). The second-order valence-corrected chi connectivity index (χ2v) is 5.08. The number of anilines is 1. The highest BCUT2D eigenvalue weighted by atomic mass is 35.5. The van der Waals surface area contributed by atoms with Gasteiger partial charge in [0, 0.05) is 12.2 Å². The van der Waals surface area contributed by atoms with Crippen molar-refractivity contribution >= 4 is 35.0 Å². The fourth-order valence-electron chi connectivity index (χ4n) is 1.43. The predicted octanol–water partition coefficient (Wildman–Crippen LogP) is 2.99. The molecule has 0 saturated carbocycles. The minimum Gasteiger partial charge on any atom is -0.385 e. The number of halogens is 1. The Bertz CT molecular complexity index is 385. The molecule has 0 aliphatic heterocycles. The summed E-state index contributed by atoms with van der Waals surface area (Å²) in [4.78, 5) is 11.1. The molecule has 0 unspecified atom stereocenters. The number of hydrogen-bond acceptors (Lipinski definition) is 3. The van der Waals surface area contributed by atoms with Gasteiger partial charge in [0.1, 0.15) is 0 Å². The summed E-state index contributed by atoms with van der Waals surface area (Å²) in [5.74, 6) is 0.676. The van der Waals surface area contributed by atoms with Gasteiger partial charge in [-0.05, 0) is 43.0 Å². The molecule has 0 radical (unpaired) electrons. The highest BCUT2D eigenvalue weighted by Crippen LogP contribution is 2.20. The van der Waals surface area contributed by atoms with E-state index in [2.05, 4.69) is 11.6 Å². The minimum absolute atomic E-state index is 0.362. The van der Waals surface area contributed by atoms with Crippen molar-refractivity contribution in [2.75, 3.05) is 23.9 Å². The molecule has 0 aliphatic rings. The normalized spacial score (nSPS) is 10.2. The predicted molar refractivity (Wildman–Crippen MR) is 76.1 cm³/mol. The number of amides is 1. The minimum atomic E-state index is -0.499. The number of carbonyl (C=O) groups is 1. The number of unbranched alkanes of at least 4 members (excludes halogenated alkanes) is 1. The smallest absolute Gasteiger partial charge is 0.250 e. The van der Waals surface area contributed by atoms with Gasteiger partial charge < -0.3 is 11.1 Å². The van der Waals surface area contributed by atoms with Crippen molar-refractivity contribution < 1.29 is 4.79 Å². The van der Waals surface area contributed by atoms with Gasteiger partial charge >= 0.3 is 0 Å². The number of benzene rings is 1. The van der Waals surface area contributed by atoms with Crippen LogP contribution in [0.1, 0.15) is 23.2 Å². The lowest BCUT2D eigenvalue weighted by Gasteiger charge is -2.08. The lowest BCUT2D eigenvalue weighted by molar-refractivity contribution is 0.100. The topological polar surface area (TPSA) is 55.1 Å². The molecule has 0 atom stereocenters. The first kappa shape index (κ1) is 14.2. The molecule has 1 amide bonds. The highest BCUT2D eigenvalue weighted by molar-refractivity contribution is 7.98. The van der Waals surface area contributed by atoms with Gasteiger partial charge in [0.25, 0.3) is 0 Å². The van der Waals surface area contributed by atoms with Crippen molar-refractivity contribution in [3.05, 3.63) is 28.8 Å². The molecule has 94 valence electrons. The van der Waals surface area contributed by atoms with Crippen molar-refractivity contribution in [1.82, 2.24) is 0 Å². The lowest BCUT2D eigenvalue weighted by atomic mass is 10.2. The van der Waals surface area contributed by atoms with Crippen LogP contribution in [0.5, 0.6) is 0 Å². The van der Waals surface area contributed by atoms with Crippen molar-refractivity contribution in [2.45, 2.75) is 12.8 Å². The molecule has 0 aliphatic carbocycles. The van der Waals surface area contributed by atoms with E-state index in [1.165, 1.54) is 12.2 Å². The van der Waals surface area contributed by atoms with E-state index in [1.807, 2.05) is 17.8 Å². The molecule has 0 spiro atoms. The summed E-state index contributed by atoms with van der Waals surface area (Å²) < 4.78 is 0. The number of nitrogens with one attached hydrogen (secondary N) is 1. The molecule has 0 saturated heterocycles.